The molecule has 2 rings (SSSR count). The highest BCUT2D eigenvalue weighted by Gasteiger charge is 2.15. The minimum atomic E-state index is 0.276. The first-order valence-corrected chi connectivity index (χ1v) is 7.62. The zero-order chi connectivity index (χ0) is 13.7. The molecule has 2 aromatic rings. The Hall–Kier alpha value is -1.04. The summed E-state index contributed by atoms with van der Waals surface area (Å²) in [5.74, 6) is 0. The third kappa shape index (κ3) is 3.72. The van der Waals surface area contributed by atoms with Crippen LogP contribution in [-0.2, 0) is 0 Å². The Labute approximate surface area is 122 Å². The van der Waals surface area contributed by atoms with Crippen LogP contribution in [0.25, 0.3) is 10.7 Å². The van der Waals surface area contributed by atoms with Crippen LogP contribution < -0.4 is 5.32 Å². The maximum Gasteiger partial charge on any atom is 0.166 e. The Kier molecular flexibility index (Phi) is 5.24. The number of halogens is 1. The first-order chi connectivity index (χ1) is 9.24. The highest BCUT2D eigenvalue weighted by Crippen LogP contribution is 2.27. The molecule has 0 fully saturated rings. The minimum absolute atomic E-state index is 0.276. The number of rotatable bonds is 6. The summed E-state index contributed by atoms with van der Waals surface area (Å²) in [7, 11) is 0. The molecule has 0 saturated heterocycles. The van der Waals surface area contributed by atoms with Gasteiger partial charge >= 0.3 is 0 Å². The van der Waals surface area contributed by atoms with Gasteiger partial charge < -0.3 is 5.32 Å². The van der Waals surface area contributed by atoms with E-state index in [1.54, 1.807) is 17.5 Å². The Morgan fingerprint density at radius 2 is 2.16 bits per heavy atom. The van der Waals surface area contributed by atoms with E-state index < -0.39 is 0 Å². The van der Waals surface area contributed by atoms with Gasteiger partial charge in [0.2, 0.25) is 0 Å². The van der Waals surface area contributed by atoms with Crippen molar-refractivity contribution in [2.45, 2.75) is 32.7 Å². The van der Waals surface area contributed by atoms with Crippen molar-refractivity contribution in [3.05, 3.63) is 28.4 Å². The third-order valence-electron chi connectivity index (χ3n) is 2.73. The molecule has 0 aromatic carbocycles. The van der Waals surface area contributed by atoms with Crippen LogP contribution in [0, 0.1) is 0 Å². The molecular weight excluding hydrogens is 280 g/mol. The van der Waals surface area contributed by atoms with Crippen molar-refractivity contribution in [2.24, 2.45) is 0 Å². The first-order valence-electron chi connectivity index (χ1n) is 6.43. The standard InChI is InChI=1S/C13H17ClN4S/c1-3-7-15-10(4-2)12-17-18-13(19-12)11-6-5-9(14)8-16-11/h5-6,8,10,15H,3-4,7H2,1-2H3. The van der Waals surface area contributed by atoms with Gasteiger partial charge in [-0.25, -0.2) is 0 Å². The van der Waals surface area contributed by atoms with Crippen LogP contribution in [0.5, 0.6) is 0 Å². The minimum Gasteiger partial charge on any atom is -0.308 e. The predicted molar refractivity (Wildman–Crippen MR) is 79.5 cm³/mol. The highest BCUT2D eigenvalue weighted by atomic mass is 35.5. The van der Waals surface area contributed by atoms with Gasteiger partial charge in [0.05, 0.1) is 11.1 Å². The van der Waals surface area contributed by atoms with Crippen LogP contribution in [0.2, 0.25) is 5.02 Å². The van der Waals surface area contributed by atoms with E-state index >= 15 is 0 Å². The third-order valence-corrected chi connectivity index (χ3v) is 4.02. The molecule has 0 radical (unpaired) electrons. The second-order valence-corrected chi connectivity index (χ2v) is 5.67. The molecule has 0 spiro atoms. The fourth-order valence-corrected chi connectivity index (χ4v) is 2.80. The number of pyridine rings is 1. The van der Waals surface area contributed by atoms with Crippen molar-refractivity contribution in [1.82, 2.24) is 20.5 Å². The van der Waals surface area contributed by atoms with E-state index in [9.17, 15) is 0 Å². The lowest BCUT2D eigenvalue weighted by molar-refractivity contribution is 0.513. The lowest BCUT2D eigenvalue weighted by Crippen LogP contribution is -2.21. The summed E-state index contributed by atoms with van der Waals surface area (Å²) in [6, 6.07) is 3.96. The molecule has 0 aliphatic rings. The molecular formula is C13H17ClN4S. The van der Waals surface area contributed by atoms with Gasteiger partial charge in [0.25, 0.3) is 0 Å². The molecule has 2 aromatic heterocycles. The Morgan fingerprint density at radius 3 is 2.79 bits per heavy atom. The Bertz CT molecular complexity index is 512. The van der Waals surface area contributed by atoms with Crippen molar-refractivity contribution >= 4 is 22.9 Å². The molecule has 0 saturated carbocycles. The Morgan fingerprint density at radius 1 is 1.32 bits per heavy atom. The van der Waals surface area contributed by atoms with Crippen molar-refractivity contribution in [2.75, 3.05) is 6.54 Å². The van der Waals surface area contributed by atoms with Gasteiger partial charge in [-0.3, -0.25) is 4.98 Å². The van der Waals surface area contributed by atoms with Gasteiger partial charge in [-0.2, -0.15) is 0 Å². The average molecular weight is 297 g/mol. The summed E-state index contributed by atoms with van der Waals surface area (Å²) < 4.78 is 0. The summed E-state index contributed by atoms with van der Waals surface area (Å²) in [5.41, 5.74) is 0.818. The summed E-state index contributed by atoms with van der Waals surface area (Å²) in [4.78, 5) is 4.26. The maximum atomic E-state index is 5.83. The molecule has 0 aliphatic carbocycles. The summed E-state index contributed by atoms with van der Waals surface area (Å²) in [6.45, 7) is 5.30. The van der Waals surface area contributed by atoms with Crippen molar-refractivity contribution in [1.29, 1.82) is 0 Å². The summed E-state index contributed by atoms with van der Waals surface area (Å²) in [5, 5.41) is 14.4. The molecule has 0 amide bonds. The first kappa shape index (κ1) is 14.4. The predicted octanol–water partition coefficient (Wildman–Crippen LogP) is 3.70. The lowest BCUT2D eigenvalue weighted by Gasteiger charge is -2.12. The fourth-order valence-electron chi connectivity index (χ4n) is 1.71. The average Bonchev–Trinajstić information content (AvgIpc) is 2.90. The van der Waals surface area contributed by atoms with Gasteiger partial charge in [0, 0.05) is 6.20 Å². The molecule has 1 atom stereocenters. The van der Waals surface area contributed by atoms with E-state index in [4.69, 9.17) is 11.6 Å². The number of aromatic nitrogens is 3. The summed E-state index contributed by atoms with van der Waals surface area (Å²) >= 11 is 7.41. The van der Waals surface area contributed by atoms with E-state index in [0.717, 1.165) is 35.1 Å². The monoisotopic (exact) mass is 296 g/mol. The van der Waals surface area contributed by atoms with Crippen molar-refractivity contribution in [3.63, 3.8) is 0 Å². The van der Waals surface area contributed by atoms with Gasteiger partial charge in [-0.05, 0) is 31.5 Å². The van der Waals surface area contributed by atoms with E-state index in [-0.39, 0.29) is 6.04 Å². The zero-order valence-corrected chi connectivity index (χ0v) is 12.6. The lowest BCUT2D eigenvalue weighted by atomic mass is 10.2. The van der Waals surface area contributed by atoms with Crippen LogP contribution in [0.1, 0.15) is 37.7 Å². The van der Waals surface area contributed by atoms with E-state index in [1.807, 2.05) is 12.1 Å². The van der Waals surface area contributed by atoms with Crippen LogP contribution in [0.15, 0.2) is 18.3 Å². The molecule has 102 valence electrons. The molecule has 4 nitrogen and oxygen atoms in total. The van der Waals surface area contributed by atoms with Gasteiger partial charge in [0.1, 0.15) is 10.7 Å². The van der Waals surface area contributed by atoms with Crippen molar-refractivity contribution < 1.29 is 0 Å². The van der Waals surface area contributed by atoms with E-state index in [1.165, 1.54) is 0 Å². The van der Waals surface area contributed by atoms with Crippen LogP contribution in [0.4, 0.5) is 0 Å². The van der Waals surface area contributed by atoms with Crippen LogP contribution in [-0.4, -0.2) is 21.7 Å². The van der Waals surface area contributed by atoms with E-state index in [0.29, 0.717) is 5.02 Å². The SMILES string of the molecule is CCCNC(CC)c1nnc(-c2ccc(Cl)cn2)s1. The molecule has 19 heavy (non-hydrogen) atoms. The smallest absolute Gasteiger partial charge is 0.166 e. The second-order valence-electron chi connectivity index (χ2n) is 4.22. The second kappa shape index (κ2) is 6.93. The molecule has 1 N–H and O–H groups in total. The molecule has 2 heterocycles. The largest absolute Gasteiger partial charge is 0.308 e. The molecule has 0 aliphatic heterocycles. The number of hydrogen-bond donors (Lipinski definition) is 1. The normalized spacial score (nSPS) is 12.6. The molecule has 1 unspecified atom stereocenters. The number of nitrogens with one attached hydrogen (secondary N) is 1. The molecule has 6 heteroatoms. The number of hydrogen-bond acceptors (Lipinski definition) is 5. The van der Waals surface area contributed by atoms with Crippen LogP contribution in [0.3, 0.4) is 0 Å². The summed E-state index contributed by atoms with van der Waals surface area (Å²) in [6.07, 6.45) is 3.74. The highest BCUT2D eigenvalue weighted by molar-refractivity contribution is 7.14. The van der Waals surface area contributed by atoms with Crippen molar-refractivity contribution in [3.8, 4) is 10.7 Å². The van der Waals surface area contributed by atoms with Gasteiger partial charge in [-0.15, -0.1) is 10.2 Å². The molecule has 0 bridgehead atoms. The topological polar surface area (TPSA) is 50.7 Å². The Balaban J connectivity index is 2.15. The van der Waals surface area contributed by atoms with Gasteiger partial charge in [-0.1, -0.05) is 36.8 Å². The van der Waals surface area contributed by atoms with Gasteiger partial charge in [0.15, 0.2) is 5.01 Å². The number of nitrogens with zero attached hydrogens (tertiary/aromatic N) is 3. The fraction of sp³-hybridized carbons (Fsp3) is 0.462. The van der Waals surface area contributed by atoms with E-state index in [2.05, 4.69) is 34.3 Å². The zero-order valence-electron chi connectivity index (χ0n) is 11.1. The quantitative estimate of drug-likeness (QED) is 0.883. The maximum absolute atomic E-state index is 5.83. The van der Waals surface area contributed by atoms with Crippen LogP contribution >= 0.6 is 22.9 Å².